The average molecular weight is 711 g/mol. The van der Waals surface area contributed by atoms with Gasteiger partial charge in [0.15, 0.2) is 17.3 Å². The second-order valence-electron chi connectivity index (χ2n) is 16.4. The highest BCUT2D eigenvalue weighted by atomic mass is 16.5. The maximum atomic E-state index is 13.6. The molecule has 2 atom stereocenters. The number of methoxy groups -OCH3 is 1. The predicted molar refractivity (Wildman–Crippen MR) is 201 cm³/mol. The number of urea groups is 1. The minimum atomic E-state index is -0.391. The zero-order valence-corrected chi connectivity index (χ0v) is 32.0. The van der Waals surface area contributed by atoms with Crippen LogP contribution >= 0.6 is 0 Å². The number of ether oxygens (including phenoxy) is 2. The van der Waals surface area contributed by atoms with Gasteiger partial charge in [0.05, 0.1) is 24.5 Å². The summed E-state index contributed by atoms with van der Waals surface area (Å²) < 4.78 is 14.0. The fourth-order valence-electron chi connectivity index (χ4n) is 7.76. The molecule has 1 fully saturated rings. The number of hydrogen-bond acceptors (Lipinski definition) is 9. The summed E-state index contributed by atoms with van der Waals surface area (Å²) in [6, 6.07) is 13.0. The summed E-state index contributed by atoms with van der Waals surface area (Å²) >= 11 is 0. The van der Waals surface area contributed by atoms with Crippen LogP contribution in [0.3, 0.4) is 0 Å². The van der Waals surface area contributed by atoms with Crippen LogP contribution in [0.15, 0.2) is 48.7 Å². The minimum absolute atomic E-state index is 0.0362. The number of hydrogen-bond donors (Lipinski definition) is 2. The Hall–Kier alpha value is -4.42. The average Bonchev–Trinajstić information content (AvgIpc) is 3.76. The molecule has 0 bridgehead atoms. The van der Waals surface area contributed by atoms with E-state index >= 15 is 0 Å². The van der Waals surface area contributed by atoms with Gasteiger partial charge in [0.1, 0.15) is 23.5 Å². The molecule has 4 aromatic rings. The third-order valence-corrected chi connectivity index (χ3v) is 10.8. The first kappa shape index (κ1) is 37.3. The molecule has 12 nitrogen and oxygen atoms in total. The van der Waals surface area contributed by atoms with Crippen LogP contribution in [0.4, 0.5) is 10.6 Å². The van der Waals surface area contributed by atoms with E-state index < -0.39 is 6.03 Å². The van der Waals surface area contributed by atoms with Crippen molar-refractivity contribution in [3.8, 4) is 5.75 Å². The molecule has 3 aromatic heterocycles. The van der Waals surface area contributed by atoms with E-state index in [1.54, 1.807) is 13.2 Å². The number of nitrogens with zero attached hydrogens (tertiary/aromatic N) is 6. The fraction of sp³-hybridized carbons (Fsp3) is 0.550. The predicted octanol–water partition coefficient (Wildman–Crippen LogP) is 7.35. The van der Waals surface area contributed by atoms with Gasteiger partial charge >= 0.3 is 6.03 Å². The molecule has 0 unspecified atom stereocenters. The molecule has 2 aliphatic rings. The summed E-state index contributed by atoms with van der Waals surface area (Å²) in [6.45, 7) is 10.8. The Kier molecular flexibility index (Phi) is 10.7. The Bertz CT molecular complexity index is 1910. The number of ketones is 1. The fourth-order valence-corrected chi connectivity index (χ4v) is 7.76. The Balaban J connectivity index is 1.16. The molecule has 2 N–H and O–H groups in total. The molecule has 0 radical (unpaired) electrons. The number of pyridine rings is 1. The van der Waals surface area contributed by atoms with Gasteiger partial charge in [0.25, 0.3) is 0 Å². The number of carbonyl (C=O) groups is 2. The van der Waals surface area contributed by atoms with Crippen molar-refractivity contribution in [1.82, 2.24) is 34.8 Å². The lowest BCUT2D eigenvalue weighted by Crippen LogP contribution is -2.42. The smallest absolute Gasteiger partial charge is 0.320 e. The number of carbonyl (C=O) groups excluding carboxylic acids is 2. The number of rotatable bonds is 12. The summed E-state index contributed by atoms with van der Waals surface area (Å²) in [5.41, 5.74) is 2.80. The van der Waals surface area contributed by atoms with Crippen LogP contribution in [0.1, 0.15) is 131 Å². The van der Waals surface area contributed by atoms with E-state index in [1.807, 2.05) is 61.7 Å². The van der Waals surface area contributed by atoms with Gasteiger partial charge in [-0.1, -0.05) is 71.7 Å². The number of Topliss-reactive ketones (excluding diaryl/α,β-unsaturated/α-hetero) is 1. The lowest BCUT2D eigenvalue weighted by molar-refractivity contribution is 0.0909. The highest BCUT2D eigenvalue weighted by Crippen LogP contribution is 2.40. The summed E-state index contributed by atoms with van der Waals surface area (Å²) in [5.74, 6) is 1.86. The van der Waals surface area contributed by atoms with E-state index in [2.05, 4.69) is 69.7 Å². The maximum absolute atomic E-state index is 13.6. The first-order valence-corrected chi connectivity index (χ1v) is 18.5. The molecule has 278 valence electrons. The zero-order valence-electron chi connectivity index (χ0n) is 32.0. The van der Waals surface area contributed by atoms with E-state index in [0.29, 0.717) is 43.1 Å². The van der Waals surface area contributed by atoms with Gasteiger partial charge in [-0.05, 0) is 69.5 Å². The molecule has 0 aliphatic heterocycles. The molecule has 1 aromatic carbocycles. The Morgan fingerprint density at radius 2 is 1.71 bits per heavy atom. The van der Waals surface area contributed by atoms with Crippen LogP contribution in [-0.2, 0) is 15.6 Å². The van der Waals surface area contributed by atoms with Gasteiger partial charge < -0.3 is 19.7 Å². The lowest BCUT2D eigenvalue weighted by atomic mass is 9.85. The van der Waals surface area contributed by atoms with Gasteiger partial charge in [-0.2, -0.15) is 0 Å². The Morgan fingerprint density at radius 3 is 2.40 bits per heavy atom. The molecule has 12 heteroatoms. The van der Waals surface area contributed by atoms with Crippen LogP contribution in [0.2, 0.25) is 0 Å². The molecule has 3 heterocycles. The maximum Gasteiger partial charge on any atom is 0.320 e. The van der Waals surface area contributed by atoms with Crippen molar-refractivity contribution in [2.45, 2.75) is 114 Å². The van der Waals surface area contributed by atoms with Crippen molar-refractivity contribution in [3.63, 3.8) is 0 Å². The van der Waals surface area contributed by atoms with E-state index in [9.17, 15) is 9.59 Å². The van der Waals surface area contributed by atoms with Crippen LogP contribution in [0, 0.1) is 0 Å². The first-order valence-electron chi connectivity index (χ1n) is 18.5. The number of fused-ring (bicyclic) bond motifs is 2. The van der Waals surface area contributed by atoms with E-state index in [0.717, 1.165) is 41.9 Å². The monoisotopic (exact) mass is 710 g/mol. The largest absolute Gasteiger partial charge is 0.484 e. The summed E-state index contributed by atoms with van der Waals surface area (Å²) in [5, 5.41) is 14.9. The number of amides is 2. The van der Waals surface area contributed by atoms with Gasteiger partial charge in [-0.3, -0.25) is 14.5 Å². The zero-order chi connectivity index (χ0) is 37.3. The third-order valence-electron chi connectivity index (χ3n) is 10.8. The normalized spacial score (nSPS) is 18.7. The van der Waals surface area contributed by atoms with Crippen LogP contribution in [0.5, 0.6) is 5.75 Å². The highest BCUT2D eigenvalue weighted by molar-refractivity contribution is 5.94. The van der Waals surface area contributed by atoms with Crippen molar-refractivity contribution < 1.29 is 19.1 Å². The number of benzene rings is 1. The molecule has 0 spiro atoms. The van der Waals surface area contributed by atoms with Crippen molar-refractivity contribution in [1.29, 1.82) is 0 Å². The molecule has 0 saturated heterocycles. The number of aromatic nitrogens is 5. The van der Waals surface area contributed by atoms with Gasteiger partial charge in [0.2, 0.25) is 0 Å². The standard InChI is InChI=1S/C40H54N8O4/c1-38(2,3)32-23-33(43-35(42-32)30(49)19-22-40(47(6)7)20-11-12-21-40)44-37(50)41-29-16-17-31(28-14-10-9-13-27(28)29)52-26-15-18-34-45-46-36(48(34)24-26)39(4,5)25-51-8/h9-10,13-15,18,23-24,29,31H,11-12,16-17,19-22,25H2,1-8H3,(H2,41,42,43,44,50)/t29-,31+/m0/s1. The van der Waals surface area contributed by atoms with Crippen LogP contribution in [0.25, 0.3) is 5.65 Å². The second-order valence-corrected chi connectivity index (χ2v) is 16.4. The Morgan fingerprint density at radius 1 is 0.981 bits per heavy atom. The lowest BCUT2D eigenvalue weighted by Gasteiger charge is -2.36. The SMILES string of the molecule is COCC(C)(C)c1nnc2ccc(O[C@@H]3CC[C@H](NC(=O)Nc4cc(C(C)(C)C)nc(C(=O)CCC5(N(C)C)CCCC5)n4)c4ccccc43)cn12. The topological polar surface area (TPSA) is 136 Å². The molecule has 2 amide bonds. The van der Waals surface area contributed by atoms with Gasteiger partial charge in [-0.25, -0.2) is 14.8 Å². The highest BCUT2D eigenvalue weighted by Gasteiger charge is 2.37. The molecule has 1 saturated carbocycles. The van der Waals surface area contributed by atoms with Gasteiger partial charge in [0, 0.05) is 36.0 Å². The van der Waals surface area contributed by atoms with E-state index in [-0.39, 0.29) is 40.1 Å². The number of anilines is 1. The summed E-state index contributed by atoms with van der Waals surface area (Å²) in [7, 11) is 5.89. The van der Waals surface area contributed by atoms with E-state index in [1.165, 1.54) is 12.8 Å². The third kappa shape index (κ3) is 7.97. The first-order chi connectivity index (χ1) is 24.7. The van der Waals surface area contributed by atoms with Crippen LogP contribution < -0.4 is 15.4 Å². The Labute approximate surface area is 307 Å². The summed E-state index contributed by atoms with van der Waals surface area (Å²) in [4.78, 5) is 38.6. The van der Waals surface area contributed by atoms with Crippen molar-refractivity contribution in [2.24, 2.45) is 0 Å². The molecular formula is C40H54N8O4. The van der Waals surface area contributed by atoms with Crippen molar-refractivity contribution >= 4 is 23.3 Å². The molecule has 52 heavy (non-hydrogen) atoms. The second kappa shape index (κ2) is 14.9. The van der Waals surface area contributed by atoms with Crippen molar-refractivity contribution in [2.75, 3.05) is 33.1 Å². The quantitative estimate of drug-likeness (QED) is 0.145. The van der Waals surface area contributed by atoms with Gasteiger partial charge in [-0.15, -0.1) is 10.2 Å². The molecule has 2 aliphatic carbocycles. The van der Waals surface area contributed by atoms with Crippen molar-refractivity contribution in [3.05, 3.63) is 77.1 Å². The molecular weight excluding hydrogens is 656 g/mol. The van der Waals surface area contributed by atoms with Crippen LogP contribution in [-0.4, -0.2) is 74.6 Å². The number of nitrogens with one attached hydrogen (secondary N) is 2. The molecule has 6 rings (SSSR count). The summed E-state index contributed by atoms with van der Waals surface area (Å²) in [6.07, 6.45) is 8.76. The van der Waals surface area contributed by atoms with E-state index in [4.69, 9.17) is 9.47 Å². The minimum Gasteiger partial charge on any atom is -0.484 e.